The quantitative estimate of drug-likeness (QED) is 0.797. The SMILES string of the molecule is COc1cc(CNCC(C)(C)c2cccs2)cc(Br)c1O. The number of ether oxygens (including phenoxy) is 1. The molecule has 0 aliphatic rings. The minimum atomic E-state index is 0.104. The van der Waals surface area contributed by atoms with Crippen LogP contribution in [0.3, 0.4) is 0 Å². The van der Waals surface area contributed by atoms with E-state index in [-0.39, 0.29) is 11.2 Å². The molecule has 3 nitrogen and oxygen atoms in total. The molecule has 2 rings (SSSR count). The van der Waals surface area contributed by atoms with Gasteiger partial charge in [-0.1, -0.05) is 19.9 Å². The van der Waals surface area contributed by atoms with E-state index >= 15 is 0 Å². The van der Waals surface area contributed by atoms with Gasteiger partial charge in [-0.2, -0.15) is 0 Å². The lowest BCUT2D eigenvalue weighted by Crippen LogP contribution is -2.31. The highest BCUT2D eigenvalue weighted by Crippen LogP contribution is 2.35. The number of nitrogens with one attached hydrogen (secondary N) is 1. The molecule has 114 valence electrons. The Kier molecular flexibility index (Phi) is 5.30. The molecule has 1 aromatic carbocycles. The van der Waals surface area contributed by atoms with Gasteiger partial charge in [0, 0.05) is 23.4 Å². The summed E-state index contributed by atoms with van der Waals surface area (Å²) in [6.07, 6.45) is 0. The van der Waals surface area contributed by atoms with Gasteiger partial charge < -0.3 is 15.2 Å². The first-order chi connectivity index (χ1) is 9.94. The molecule has 5 heteroatoms. The molecule has 0 atom stereocenters. The van der Waals surface area contributed by atoms with Crippen LogP contribution in [0, 0.1) is 0 Å². The predicted molar refractivity (Wildman–Crippen MR) is 91.4 cm³/mol. The van der Waals surface area contributed by atoms with Gasteiger partial charge in [-0.05, 0) is 45.1 Å². The van der Waals surface area contributed by atoms with Gasteiger partial charge in [-0.3, -0.25) is 0 Å². The third-order valence-corrected chi connectivity index (χ3v) is 5.23. The van der Waals surface area contributed by atoms with Crippen molar-refractivity contribution in [3.8, 4) is 11.5 Å². The molecule has 0 saturated heterocycles. The highest BCUT2D eigenvalue weighted by atomic mass is 79.9. The standard InChI is InChI=1S/C16H20BrNO2S/c1-16(2,14-5-4-6-21-14)10-18-9-11-7-12(17)15(19)13(8-11)20-3/h4-8,18-19H,9-10H2,1-3H3. The van der Waals surface area contributed by atoms with Gasteiger partial charge >= 0.3 is 0 Å². The van der Waals surface area contributed by atoms with E-state index in [9.17, 15) is 5.11 Å². The fourth-order valence-corrected chi connectivity index (χ4v) is 3.50. The Hall–Kier alpha value is -1.04. The monoisotopic (exact) mass is 369 g/mol. The van der Waals surface area contributed by atoms with Gasteiger partial charge in [0.25, 0.3) is 0 Å². The molecule has 0 saturated carbocycles. The van der Waals surface area contributed by atoms with E-state index in [4.69, 9.17) is 4.74 Å². The third-order valence-electron chi connectivity index (χ3n) is 3.39. The summed E-state index contributed by atoms with van der Waals surface area (Å²) in [5.41, 5.74) is 1.17. The lowest BCUT2D eigenvalue weighted by atomic mass is 9.91. The zero-order valence-electron chi connectivity index (χ0n) is 12.4. The van der Waals surface area contributed by atoms with Gasteiger partial charge in [-0.15, -0.1) is 11.3 Å². The summed E-state index contributed by atoms with van der Waals surface area (Å²) >= 11 is 5.13. The van der Waals surface area contributed by atoms with E-state index in [0.29, 0.717) is 10.2 Å². The van der Waals surface area contributed by atoms with Crippen LogP contribution >= 0.6 is 27.3 Å². The first kappa shape index (κ1) is 16.3. The molecule has 0 bridgehead atoms. The Bertz CT molecular complexity index is 597. The Balaban J connectivity index is 1.99. The Morgan fingerprint density at radius 2 is 2.14 bits per heavy atom. The molecule has 0 radical (unpaired) electrons. The maximum atomic E-state index is 9.81. The number of thiophene rings is 1. The summed E-state index contributed by atoms with van der Waals surface area (Å²) in [7, 11) is 1.55. The molecule has 0 amide bonds. The highest BCUT2D eigenvalue weighted by molar-refractivity contribution is 9.10. The second kappa shape index (κ2) is 6.81. The number of rotatable bonds is 6. The lowest BCUT2D eigenvalue weighted by Gasteiger charge is -2.24. The van der Waals surface area contributed by atoms with E-state index in [1.807, 2.05) is 12.1 Å². The first-order valence-electron chi connectivity index (χ1n) is 6.74. The van der Waals surface area contributed by atoms with E-state index in [2.05, 4.69) is 52.6 Å². The zero-order chi connectivity index (χ0) is 15.5. The average Bonchev–Trinajstić information content (AvgIpc) is 2.97. The summed E-state index contributed by atoms with van der Waals surface area (Å²) in [5, 5.41) is 15.4. The Labute approximate surface area is 138 Å². The van der Waals surface area contributed by atoms with Crippen LogP contribution in [0.15, 0.2) is 34.1 Å². The van der Waals surface area contributed by atoms with Gasteiger partial charge in [-0.25, -0.2) is 0 Å². The van der Waals surface area contributed by atoms with Crippen LogP contribution in [0.4, 0.5) is 0 Å². The van der Waals surface area contributed by atoms with Crippen LogP contribution in [0.25, 0.3) is 0 Å². The molecule has 2 N–H and O–H groups in total. The van der Waals surface area contributed by atoms with Gasteiger partial charge in [0.1, 0.15) is 0 Å². The normalized spacial score (nSPS) is 11.6. The van der Waals surface area contributed by atoms with Crippen molar-refractivity contribution in [2.24, 2.45) is 0 Å². The van der Waals surface area contributed by atoms with Crippen molar-refractivity contribution >= 4 is 27.3 Å². The summed E-state index contributed by atoms with van der Waals surface area (Å²) in [6.45, 7) is 6.08. The van der Waals surface area contributed by atoms with Crippen molar-refractivity contribution in [3.63, 3.8) is 0 Å². The molecule has 0 aliphatic carbocycles. The molecule has 21 heavy (non-hydrogen) atoms. The van der Waals surface area contributed by atoms with Crippen molar-refractivity contribution in [2.75, 3.05) is 13.7 Å². The number of hydrogen-bond acceptors (Lipinski definition) is 4. The fourth-order valence-electron chi connectivity index (χ4n) is 2.16. The smallest absolute Gasteiger partial charge is 0.172 e. The number of phenolic OH excluding ortho intramolecular Hbond substituents is 1. The second-order valence-electron chi connectivity index (χ2n) is 5.59. The van der Waals surface area contributed by atoms with Crippen molar-refractivity contribution in [1.82, 2.24) is 5.32 Å². The summed E-state index contributed by atoms with van der Waals surface area (Å²) in [4.78, 5) is 1.37. The molecule has 0 fully saturated rings. The van der Waals surface area contributed by atoms with E-state index in [1.54, 1.807) is 18.4 Å². The number of hydrogen-bond donors (Lipinski definition) is 2. The van der Waals surface area contributed by atoms with Crippen molar-refractivity contribution in [3.05, 3.63) is 44.6 Å². The van der Waals surface area contributed by atoms with E-state index in [1.165, 1.54) is 4.88 Å². The molecular weight excluding hydrogens is 350 g/mol. The molecule has 1 heterocycles. The molecule has 1 aromatic heterocycles. The van der Waals surface area contributed by atoms with E-state index in [0.717, 1.165) is 18.7 Å². The van der Waals surface area contributed by atoms with Crippen LogP contribution in [0.2, 0.25) is 0 Å². The Morgan fingerprint density at radius 3 is 2.76 bits per heavy atom. The summed E-state index contributed by atoms with van der Waals surface area (Å²) in [5.74, 6) is 0.624. The van der Waals surface area contributed by atoms with Crippen LogP contribution in [-0.2, 0) is 12.0 Å². The van der Waals surface area contributed by atoms with Crippen LogP contribution in [0.1, 0.15) is 24.3 Å². The van der Waals surface area contributed by atoms with Gasteiger partial charge in [0.15, 0.2) is 11.5 Å². The van der Waals surface area contributed by atoms with Gasteiger partial charge in [0.2, 0.25) is 0 Å². The molecule has 2 aromatic rings. The number of benzene rings is 1. The van der Waals surface area contributed by atoms with Crippen molar-refractivity contribution < 1.29 is 9.84 Å². The second-order valence-corrected chi connectivity index (χ2v) is 7.40. The Morgan fingerprint density at radius 1 is 1.38 bits per heavy atom. The molecule has 0 unspecified atom stereocenters. The fraction of sp³-hybridized carbons (Fsp3) is 0.375. The minimum Gasteiger partial charge on any atom is -0.503 e. The van der Waals surface area contributed by atoms with Crippen LogP contribution < -0.4 is 10.1 Å². The van der Waals surface area contributed by atoms with Crippen molar-refractivity contribution in [2.45, 2.75) is 25.8 Å². The minimum absolute atomic E-state index is 0.104. The zero-order valence-corrected chi connectivity index (χ0v) is 14.8. The lowest BCUT2D eigenvalue weighted by molar-refractivity contribution is 0.371. The molecule has 0 aliphatic heterocycles. The number of methoxy groups -OCH3 is 1. The number of phenols is 1. The van der Waals surface area contributed by atoms with E-state index < -0.39 is 0 Å². The van der Waals surface area contributed by atoms with Crippen molar-refractivity contribution in [1.29, 1.82) is 0 Å². The summed E-state index contributed by atoms with van der Waals surface area (Å²) in [6, 6.07) is 8.02. The third kappa shape index (κ3) is 3.99. The average molecular weight is 370 g/mol. The largest absolute Gasteiger partial charge is 0.503 e. The van der Waals surface area contributed by atoms with Gasteiger partial charge in [0.05, 0.1) is 11.6 Å². The maximum absolute atomic E-state index is 9.81. The topological polar surface area (TPSA) is 41.5 Å². The summed E-state index contributed by atoms with van der Waals surface area (Å²) < 4.78 is 5.82. The molecule has 0 spiro atoms. The predicted octanol–water partition coefficient (Wildman–Crippen LogP) is 4.29. The first-order valence-corrected chi connectivity index (χ1v) is 8.41. The number of aromatic hydroxyl groups is 1. The van der Waals surface area contributed by atoms with Crippen LogP contribution in [-0.4, -0.2) is 18.8 Å². The maximum Gasteiger partial charge on any atom is 0.172 e. The van der Waals surface area contributed by atoms with Crippen LogP contribution in [0.5, 0.6) is 11.5 Å². The molecular formula is C16H20BrNO2S. The number of halogens is 1. The highest BCUT2D eigenvalue weighted by Gasteiger charge is 2.21.